The Morgan fingerprint density at radius 3 is 2.71 bits per heavy atom. The lowest BCUT2D eigenvalue weighted by molar-refractivity contribution is -0.125. The minimum Gasteiger partial charge on any atom is -0.379 e. The molecule has 2 unspecified atom stereocenters. The van der Waals surface area contributed by atoms with Gasteiger partial charge in [-0.3, -0.25) is 4.79 Å². The summed E-state index contributed by atoms with van der Waals surface area (Å²) in [4.78, 5) is 14.7. The Bertz CT molecular complexity index is 319. The topological polar surface area (TPSA) is 53.6 Å². The molecule has 2 N–H and O–H groups in total. The van der Waals surface area contributed by atoms with E-state index in [1.54, 1.807) is 0 Å². The molecule has 0 radical (unpaired) electrons. The molecule has 1 heterocycles. The molecule has 1 aliphatic carbocycles. The van der Waals surface area contributed by atoms with E-state index in [4.69, 9.17) is 4.74 Å². The van der Waals surface area contributed by atoms with Crippen LogP contribution in [0, 0.1) is 5.92 Å². The van der Waals surface area contributed by atoms with Crippen molar-refractivity contribution in [2.75, 3.05) is 39.9 Å². The second kappa shape index (κ2) is 8.71. The van der Waals surface area contributed by atoms with Crippen molar-refractivity contribution >= 4 is 5.91 Å². The zero-order valence-corrected chi connectivity index (χ0v) is 13.6. The van der Waals surface area contributed by atoms with Crippen LogP contribution in [-0.2, 0) is 9.53 Å². The number of amides is 1. The number of carbonyl (C=O) groups is 1. The summed E-state index contributed by atoms with van der Waals surface area (Å²) in [6.45, 7) is 5.96. The van der Waals surface area contributed by atoms with Gasteiger partial charge < -0.3 is 20.3 Å². The third-order valence-corrected chi connectivity index (χ3v) is 4.79. The molecule has 2 rings (SSSR count). The molecule has 1 saturated carbocycles. The van der Waals surface area contributed by atoms with Crippen molar-refractivity contribution in [1.82, 2.24) is 15.5 Å². The second-order valence-electron chi connectivity index (χ2n) is 6.41. The number of hydrogen-bond acceptors (Lipinski definition) is 4. The van der Waals surface area contributed by atoms with Crippen molar-refractivity contribution in [2.24, 2.45) is 5.92 Å². The quantitative estimate of drug-likeness (QED) is 0.701. The van der Waals surface area contributed by atoms with Gasteiger partial charge in [-0.15, -0.1) is 0 Å². The second-order valence-corrected chi connectivity index (χ2v) is 6.41. The molecular formula is C16H31N3O2. The van der Waals surface area contributed by atoms with E-state index in [0.717, 1.165) is 32.1 Å². The van der Waals surface area contributed by atoms with Crippen molar-refractivity contribution < 1.29 is 9.53 Å². The highest BCUT2D eigenvalue weighted by Gasteiger charge is 2.33. The van der Waals surface area contributed by atoms with Crippen LogP contribution in [0.1, 0.15) is 39.0 Å². The van der Waals surface area contributed by atoms with Crippen molar-refractivity contribution in [1.29, 1.82) is 0 Å². The minimum atomic E-state index is -0.0339. The van der Waals surface area contributed by atoms with Crippen LogP contribution in [0.25, 0.3) is 0 Å². The smallest absolute Gasteiger partial charge is 0.227 e. The predicted molar refractivity (Wildman–Crippen MR) is 84.3 cm³/mol. The third kappa shape index (κ3) is 4.94. The Labute approximate surface area is 128 Å². The van der Waals surface area contributed by atoms with E-state index in [0.29, 0.717) is 13.2 Å². The van der Waals surface area contributed by atoms with Gasteiger partial charge in [-0.25, -0.2) is 0 Å². The Hall–Kier alpha value is -0.650. The van der Waals surface area contributed by atoms with Crippen LogP contribution in [0.2, 0.25) is 0 Å². The van der Waals surface area contributed by atoms with Gasteiger partial charge in [0.05, 0.1) is 19.1 Å². The molecule has 5 heteroatoms. The van der Waals surface area contributed by atoms with Crippen LogP contribution < -0.4 is 10.6 Å². The lowest BCUT2D eigenvalue weighted by atomic mass is 10.0. The molecule has 21 heavy (non-hydrogen) atoms. The van der Waals surface area contributed by atoms with Gasteiger partial charge >= 0.3 is 0 Å². The van der Waals surface area contributed by atoms with E-state index >= 15 is 0 Å². The van der Waals surface area contributed by atoms with Crippen LogP contribution in [0.3, 0.4) is 0 Å². The van der Waals surface area contributed by atoms with Crippen LogP contribution >= 0.6 is 0 Å². The summed E-state index contributed by atoms with van der Waals surface area (Å²) in [6.07, 6.45) is 6.40. The van der Waals surface area contributed by atoms with Gasteiger partial charge in [-0.2, -0.15) is 0 Å². The van der Waals surface area contributed by atoms with Gasteiger partial charge in [-0.05, 0) is 32.9 Å². The summed E-state index contributed by atoms with van der Waals surface area (Å²) in [6, 6.07) is 0.896. The summed E-state index contributed by atoms with van der Waals surface area (Å²) in [5.41, 5.74) is 0. The van der Waals surface area contributed by atoms with Crippen molar-refractivity contribution in [2.45, 2.75) is 51.1 Å². The third-order valence-electron chi connectivity index (χ3n) is 4.79. The van der Waals surface area contributed by atoms with Gasteiger partial charge in [-0.1, -0.05) is 19.8 Å². The van der Waals surface area contributed by atoms with Crippen LogP contribution in [0.15, 0.2) is 0 Å². The Kier molecular flexibility index (Phi) is 6.93. The summed E-state index contributed by atoms with van der Waals surface area (Å²) < 4.78 is 5.46. The first kappa shape index (κ1) is 16.7. The number of rotatable bonds is 8. The highest BCUT2D eigenvalue weighted by molar-refractivity contribution is 5.79. The Balaban J connectivity index is 1.66. The first-order valence-electron chi connectivity index (χ1n) is 8.51. The van der Waals surface area contributed by atoms with E-state index in [1.165, 1.54) is 25.7 Å². The first-order valence-corrected chi connectivity index (χ1v) is 8.51. The number of nitrogens with zero attached hydrogens (tertiary/aromatic N) is 1. The predicted octanol–water partition coefficient (Wildman–Crippen LogP) is 0.992. The lowest BCUT2D eigenvalue weighted by Gasteiger charge is -2.24. The highest BCUT2D eigenvalue weighted by atomic mass is 16.5. The SMILES string of the molecule is CCCNC1COCC1C(=O)NCCN(C)C1CCCC1. The molecule has 1 amide bonds. The van der Waals surface area contributed by atoms with Gasteiger partial charge in [0.1, 0.15) is 0 Å². The molecule has 122 valence electrons. The molecule has 0 aromatic rings. The Morgan fingerprint density at radius 2 is 2.00 bits per heavy atom. The molecule has 1 saturated heterocycles. The molecule has 0 aromatic carbocycles. The van der Waals surface area contributed by atoms with E-state index in [1.807, 2.05) is 0 Å². The van der Waals surface area contributed by atoms with Crippen LogP contribution in [0.5, 0.6) is 0 Å². The average Bonchev–Trinajstić information content (AvgIpc) is 3.15. The molecule has 0 aromatic heterocycles. The maximum atomic E-state index is 12.3. The molecule has 0 spiro atoms. The fraction of sp³-hybridized carbons (Fsp3) is 0.938. The molecule has 2 atom stereocenters. The number of ether oxygens (including phenoxy) is 1. The van der Waals surface area contributed by atoms with Crippen molar-refractivity contribution in [3.05, 3.63) is 0 Å². The van der Waals surface area contributed by atoms with E-state index in [2.05, 4.69) is 29.5 Å². The van der Waals surface area contributed by atoms with Crippen molar-refractivity contribution in [3.63, 3.8) is 0 Å². The summed E-state index contributed by atoms with van der Waals surface area (Å²) in [5.74, 6) is 0.106. The molecule has 5 nitrogen and oxygen atoms in total. The summed E-state index contributed by atoms with van der Waals surface area (Å²) >= 11 is 0. The van der Waals surface area contributed by atoms with Crippen LogP contribution in [-0.4, -0.2) is 62.8 Å². The standard InChI is InChI=1S/C16H31N3O2/c1-3-8-17-15-12-21-11-14(15)16(20)18-9-10-19(2)13-6-4-5-7-13/h13-15,17H,3-12H2,1-2H3,(H,18,20). The fourth-order valence-corrected chi connectivity index (χ4v) is 3.36. The minimum absolute atomic E-state index is 0.0339. The molecular weight excluding hydrogens is 266 g/mol. The number of carbonyl (C=O) groups excluding carboxylic acids is 1. The lowest BCUT2D eigenvalue weighted by Crippen LogP contribution is -2.46. The molecule has 1 aliphatic heterocycles. The number of hydrogen-bond donors (Lipinski definition) is 2. The zero-order valence-electron chi connectivity index (χ0n) is 13.6. The summed E-state index contributed by atoms with van der Waals surface area (Å²) in [5, 5.41) is 6.49. The van der Waals surface area contributed by atoms with E-state index in [9.17, 15) is 4.79 Å². The summed E-state index contributed by atoms with van der Waals surface area (Å²) in [7, 11) is 2.17. The molecule has 2 aliphatic rings. The average molecular weight is 297 g/mol. The largest absolute Gasteiger partial charge is 0.379 e. The first-order chi connectivity index (χ1) is 10.2. The van der Waals surface area contributed by atoms with Crippen LogP contribution in [0.4, 0.5) is 0 Å². The monoisotopic (exact) mass is 297 g/mol. The van der Waals surface area contributed by atoms with E-state index < -0.39 is 0 Å². The maximum Gasteiger partial charge on any atom is 0.227 e. The van der Waals surface area contributed by atoms with Gasteiger partial charge in [0.25, 0.3) is 0 Å². The fourth-order valence-electron chi connectivity index (χ4n) is 3.36. The molecule has 2 fully saturated rings. The number of nitrogens with one attached hydrogen (secondary N) is 2. The maximum absolute atomic E-state index is 12.3. The Morgan fingerprint density at radius 1 is 1.24 bits per heavy atom. The van der Waals surface area contributed by atoms with E-state index in [-0.39, 0.29) is 17.9 Å². The number of likely N-dealkylation sites (N-methyl/N-ethyl adjacent to an activating group) is 1. The molecule has 0 bridgehead atoms. The zero-order chi connectivity index (χ0) is 15.1. The van der Waals surface area contributed by atoms with Gasteiger partial charge in [0.15, 0.2) is 0 Å². The van der Waals surface area contributed by atoms with Gasteiger partial charge in [0, 0.05) is 25.2 Å². The highest BCUT2D eigenvalue weighted by Crippen LogP contribution is 2.21. The van der Waals surface area contributed by atoms with Crippen molar-refractivity contribution in [3.8, 4) is 0 Å². The van der Waals surface area contributed by atoms with Gasteiger partial charge in [0.2, 0.25) is 5.91 Å². The normalized spacial score (nSPS) is 26.6.